The molecule has 0 aliphatic carbocycles. The van der Waals surface area contributed by atoms with Crippen LogP contribution in [0.5, 0.6) is 17.2 Å². The first kappa shape index (κ1) is 18.8. The molecule has 1 saturated heterocycles. The van der Waals surface area contributed by atoms with Crippen LogP contribution in [0.2, 0.25) is 0 Å². The number of hydrogen-bond donors (Lipinski definition) is 1. The average molecular weight is 405 g/mol. The van der Waals surface area contributed by atoms with Gasteiger partial charge in [0.15, 0.2) is 16.6 Å². The molecule has 1 atom stereocenters. The lowest BCUT2D eigenvalue weighted by molar-refractivity contribution is -0.116. The van der Waals surface area contributed by atoms with Gasteiger partial charge in [0.1, 0.15) is 5.82 Å². The summed E-state index contributed by atoms with van der Waals surface area (Å²) in [6.45, 7) is 2.98. The quantitative estimate of drug-likeness (QED) is 0.818. The Hall–Kier alpha value is -2.52. The number of benzene rings is 1. The van der Waals surface area contributed by atoms with Crippen molar-refractivity contribution >= 4 is 28.2 Å². The number of amides is 1. The van der Waals surface area contributed by atoms with E-state index in [1.54, 1.807) is 32.7 Å². The predicted octanol–water partition coefficient (Wildman–Crippen LogP) is 2.48. The average Bonchev–Trinajstić information content (AvgIpc) is 3.16. The summed E-state index contributed by atoms with van der Waals surface area (Å²) in [5.41, 5.74) is 0.933. The summed E-state index contributed by atoms with van der Waals surface area (Å²) in [7, 11) is 4.75. The van der Waals surface area contributed by atoms with Crippen LogP contribution in [0.4, 0.5) is 10.9 Å². The number of rotatable bonds is 5. The van der Waals surface area contributed by atoms with Gasteiger partial charge in [-0.1, -0.05) is 11.3 Å². The SMILES string of the molecule is COc1cc(C2CC(=O)Nc3nc(N4CCOCC4)sc32)cc(OC)c1OC. The molecular formula is C19H23N3O5S. The first-order valence-corrected chi connectivity index (χ1v) is 9.89. The number of nitrogens with one attached hydrogen (secondary N) is 1. The fourth-order valence-corrected chi connectivity index (χ4v) is 4.77. The van der Waals surface area contributed by atoms with Crippen molar-refractivity contribution in [3.63, 3.8) is 0 Å². The summed E-state index contributed by atoms with van der Waals surface area (Å²) >= 11 is 1.62. The minimum absolute atomic E-state index is 0.0509. The van der Waals surface area contributed by atoms with Gasteiger partial charge in [0.25, 0.3) is 0 Å². The van der Waals surface area contributed by atoms with Gasteiger partial charge in [-0.2, -0.15) is 0 Å². The minimum Gasteiger partial charge on any atom is -0.493 e. The number of aromatic nitrogens is 1. The molecule has 1 aromatic heterocycles. The molecule has 28 heavy (non-hydrogen) atoms. The Labute approximate surface area is 167 Å². The maximum atomic E-state index is 12.4. The molecule has 1 unspecified atom stereocenters. The first-order valence-electron chi connectivity index (χ1n) is 9.07. The Morgan fingerprint density at radius 3 is 2.43 bits per heavy atom. The van der Waals surface area contributed by atoms with Gasteiger partial charge in [-0.15, -0.1) is 0 Å². The van der Waals surface area contributed by atoms with Crippen molar-refractivity contribution in [2.75, 3.05) is 57.8 Å². The molecule has 2 aromatic rings. The Morgan fingerprint density at radius 2 is 1.82 bits per heavy atom. The van der Waals surface area contributed by atoms with Crippen LogP contribution in [0.25, 0.3) is 0 Å². The number of hydrogen-bond acceptors (Lipinski definition) is 8. The lowest BCUT2D eigenvalue weighted by Gasteiger charge is -2.26. The number of carbonyl (C=O) groups excluding carboxylic acids is 1. The van der Waals surface area contributed by atoms with Crippen LogP contribution in [-0.4, -0.2) is 58.5 Å². The highest BCUT2D eigenvalue weighted by Crippen LogP contribution is 2.47. The van der Waals surface area contributed by atoms with Crippen molar-refractivity contribution in [1.29, 1.82) is 0 Å². The molecule has 1 amide bonds. The Bertz CT molecular complexity index is 853. The second kappa shape index (κ2) is 7.84. The number of nitrogens with zero attached hydrogens (tertiary/aromatic N) is 2. The van der Waals surface area contributed by atoms with Gasteiger partial charge < -0.3 is 29.2 Å². The van der Waals surface area contributed by atoms with Gasteiger partial charge >= 0.3 is 0 Å². The third-order valence-electron chi connectivity index (χ3n) is 4.98. The Morgan fingerprint density at radius 1 is 1.14 bits per heavy atom. The van der Waals surface area contributed by atoms with Gasteiger partial charge in [0.2, 0.25) is 11.7 Å². The summed E-state index contributed by atoms with van der Waals surface area (Å²) < 4.78 is 21.8. The van der Waals surface area contributed by atoms with E-state index < -0.39 is 0 Å². The van der Waals surface area contributed by atoms with E-state index in [-0.39, 0.29) is 11.8 Å². The highest BCUT2D eigenvalue weighted by Gasteiger charge is 2.33. The maximum absolute atomic E-state index is 12.4. The predicted molar refractivity (Wildman–Crippen MR) is 106 cm³/mol. The molecular weight excluding hydrogens is 382 g/mol. The lowest BCUT2D eigenvalue weighted by Crippen LogP contribution is -2.36. The second-order valence-electron chi connectivity index (χ2n) is 6.57. The fourth-order valence-electron chi connectivity index (χ4n) is 3.57. The zero-order chi connectivity index (χ0) is 19.7. The molecule has 150 valence electrons. The topological polar surface area (TPSA) is 82.2 Å². The number of anilines is 2. The first-order chi connectivity index (χ1) is 13.6. The molecule has 0 spiro atoms. The summed E-state index contributed by atoms with van der Waals surface area (Å²) in [6.07, 6.45) is 0.344. The van der Waals surface area contributed by atoms with Crippen molar-refractivity contribution in [1.82, 2.24) is 4.98 Å². The van der Waals surface area contributed by atoms with E-state index in [0.29, 0.717) is 42.7 Å². The smallest absolute Gasteiger partial charge is 0.226 e. The number of thiazole rings is 1. The van der Waals surface area contributed by atoms with Crippen molar-refractivity contribution in [3.8, 4) is 17.2 Å². The van der Waals surface area contributed by atoms with Crippen molar-refractivity contribution < 1.29 is 23.7 Å². The monoisotopic (exact) mass is 405 g/mol. The summed E-state index contributed by atoms with van der Waals surface area (Å²) in [4.78, 5) is 20.3. The molecule has 0 saturated carbocycles. The standard InChI is InChI=1S/C19H23N3O5S/c1-24-13-8-11(9-14(25-2)16(13)26-3)12-10-15(23)20-18-17(12)28-19(21-18)22-4-6-27-7-5-22/h8-9,12H,4-7,10H2,1-3H3,(H,20,23). The Kier molecular flexibility index (Phi) is 5.27. The van der Waals surface area contributed by atoms with Gasteiger partial charge in [0, 0.05) is 25.4 Å². The van der Waals surface area contributed by atoms with Gasteiger partial charge in [-0.3, -0.25) is 4.79 Å². The van der Waals surface area contributed by atoms with Crippen LogP contribution in [0.1, 0.15) is 22.8 Å². The molecule has 0 radical (unpaired) electrons. The van der Waals surface area contributed by atoms with Gasteiger partial charge in [-0.25, -0.2) is 4.98 Å². The molecule has 1 N–H and O–H groups in total. The lowest BCUT2D eigenvalue weighted by atomic mass is 9.91. The van der Waals surface area contributed by atoms with E-state index in [1.807, 2.05) is 12.1 Å². The van der Waals surface area contributed by atoms with Crippen LogP contribution in [0, 0.1) is 0 Å². The minimum atomic E-state index is -0.121. The number of methoxy groups -OCH3 is 3. The largest absolute Gasteiger partial charge is 0.493 e. The second-order valence-corrected chi connectivity index (χ2v) is 7.58. The highest BCUT2D eigenvalue weighted by atomic mass is 32.1. The zero-order valence-corrected chi connectivity index (χ0v) is 16.9. The van der Waals surface area contributed by atoms with E-state index in [9.17, 15) is 4.79 Å². The van der Waals surface area contributed by atoms with E-state index in [2.05, 4.69) is 15.2 Å². The fraction of sp³-hybridized carbons (Fsp3) is 0.474. The molecule has 4 rings (SSSR count). The van der Waals surface area contributed by atoms with Crippen LogP contribution >= 0.6 is 11.3 Å². The van der Waals surface area contributed by atoms with E-state index in [4.69, 9.17) is 18.9 Å². The number of morpholine rings is 1. The number of carbonyl (C=O) groups is 1. The van der Waals surface area contributed by atoms with Crippen LogP contribution < -0.4 is 24.4 Å². The van der Waals surface area contributed by atoms with Crippen LogP contribution in [-0.2, 0) is 9.53 Å². The van der Waals surface area contributed by atoms with E-state index >= 15 is 0 Å². The Balaban J connectivity index is 1.75. The van der Waals surface area contributed by atoms with Crippen molar-refractivity contribution in [2.24, 2.45) is 0 Å². The molecule has 2 aliphatic rings. The summed E-state index contributed by atoms with van der Waals surface area (Å²) in [5, 5.41) is 3.82. The van der Waals surface area contributed by atoms with Crippen LogP contribution in [0.3, 0.4) is 0 Å². The number of ether oxygens (including phenoxy) is 4. The molecule has 1 aromatic carbocycles. The highest BCUT2D eigenvalue weighted by molar-refractivity contribution is 7.16. The van der Waals surface area contributed by atoms with E-state index in [1.165, 1.54) is 0 Å². The van der Waals surface area contributed by atoms with Crippen molar-refractivity contribution in [3.05, 3.63) is 22.6 Å². The molecule has 3 heterocycles. The summed E-state index contributed by atoms with van der Waals surface area (Å²) in [5.74, 6) is 2.15. The molecule has 2 aliphatic heterocycles. The maximum Gasteiger partial charge on any atom is 0.226 e. The molecule has 8 nitrogen and oxygen atoms in total. The van der Waals surface area contributed by atoms with Crippen molar-refractivity contribution in [2.45, 2.75) is 12.3 Å². The molecule has 9 heteroatoms. The van der Waals surface area contributed by atoms with Crippen LogP contribution in [0.15, 0.2) is 12.1 Å². The third-order valence-corrected chi connectivity index (χ3v) is 6.21. The molecule has 0 bridgehead atoms. The van der Waals surface area contributed by atoms with E-state index in [0.717, 1.165) is 28.7 Å². The summed E-state index contributed by atoms with van der Waals surface area (Å²) in [6, 6.07) is 3.81. The van der Waals surface area contributed by atoms with Gasteiger partial charge in [-0.05, 0) is 17.7 Å². The third kappa shape index (κ3) is 3.35. The zero-order valence-electron chi connectivity index (χ0n) is 16.1. The van der Waals surface area contributed by atoms with Gasteiger partial charge in [0.05, 0.1) is 39.4 Å². The normalized spacial score (nSPS) is 19.0. The molecule has 1 fully saturated rings. The number of fused-ring (bicyclic) bond motifs is 1.